The van der Waals surface area contributed by atoms with Gasteiger partial charge in [-0.3, -0.25) is 9.88 Å². The first-order valence-electron chi connectivity index (χ1n) is 6.18. The lowest BCUT2D eigenvalue weighted by molar-refractivity contribution is -0.139. The molecule has 102 valence electrons. The van der Waals surface area contributed by atoms with Crippen LogP contribution in [0.1, 0.15) is 39.5 Å². The van der Waals surface area contributed by atoms with Gasteiger partial charge in [-0.25, -0.2) is 0 Å². The summed E-state index contributed by atoms with van der Waals surface area (Å²) in [4.78, 5) is 10.8. The highest BCUT2D eigenvalue weighted by atomic mass is 31.2. The van der Waals surface area contributed by atoms with Crippen molar-refractivity contribution in [3.8, 4) is 0 Å². The van der Waals surface area contributed by atoms with E-state index in [9.17, 15) is 9.36 Å². The normalized spacial score (nSPS) is 13.6. The SMILES string of the molecule is CCCCP(=O)(CCCC)N[C@@H](CO)C(=O)O. The summed E-state index contributed by atoms with van der Waals surface area (Å²) in [7, 11) is -2.67. The predicted octanol–water partition coefficient (Wildman–Crippen LogP) is 1.90. The van der Waals surface area contributed by atoms with Crippen LogP contribution in [0.3, 0.4) is 0 Å². The molecule has 0 aliphatic rings. The molecule has 0 aliphatic heterocycles. The molecule has 3 N–H and O–H groups in total. The quantitative estimate of drug-likeness (QED) is 0.525. The largest absolute Gasteiger partial charge is 0.480 e. The number of rotatable bonds is 10. The van der Waals surface area contributed by atoms with Gasteiger partial charge >= 0.3 is 5.97 Å². The number of nitrogens with one attached hydrogen (secondary N) is 1. The lowest BCUT2D eigenvalue weighted by Crippen LogP contribution is -2.38. The molecule has 1 atom stereocenters. The zero-order chi connectivity index (χ0) is 13.3. The monoisotopic (exact) mass is 265 g/mol. The number of aliphatic hydroxyl groups excluding tert-OH is 1. The van der Waals surface area contributed by atoms with Crippen LogP contribution in [-0.4, -0.2) is 41.2 Å². The van der Waals surface area contributed by atoms with E-state index in [1.54, 1.807) is 0 Å². The lowest BCUT2D eigenvalue weighted by atomic mass is 10.3. The van der Waals surface area contributed by atoms with Gasteiger partial charge in [-0.2, -0.15) is 0 Å². The Balaban J connectivity index is 4.54. The zero-order valence-electron chi connectivity index (χ0n) is 10.7. The van der Waals surface area contributed by atoms with Crippen molar-refractivity contribution in [1.29, 1.82) is 0 Å². The maximum atomic E-state index is 12.5. The van der Waals surface area contributed by atoms with Crippen LogP contribution in [0.4, 0.5) is 0 Å². The van der Waals surface area contributed by atoms with Gasteiger partial charge in [0, 0.05) is 12.3 Å². The summed E-state index contributed by atoms with van der Waals surface area (Å²) < 4.78 is 12.5. The Bertz CT molecular complexity index is 258. The topological polar surface area (TPSA) is 86.6 Å². The maximum Gasteiger partial charge on any atom is 0.323 e. The van der Waals surface area contributed by atoms with Gasteiger partial charge in [-0.15, -0.1) is 0 Å². The third-order valence-electron chi connectivity index (χ3n) is 2.62. The number of unbranched alkanes of at least 4 members (excludes halogenated alkanes) is 2. The van der Waals surface area contributed by atoms with Crippen LogP contribution in [0, 0.1) is 0 Å². The molecular weight excluding hydrogens is 241 g/mol. The van der Waals surface area contributed by atoms with Crippen LogP contribution in [0.25, 0.3) is 0 Å². The summed E-state index contributed by atoms with van der Waals surface area (Å²) >= 11 is 0. The number of hydrogen-bond donors (Lipinski definition) is 3. The van der Waals surface area contributed by atoms with Crippen LogP contribution >= 0.6 is 7.29 Å². The van der Waals surface area contributed by atoms with E-state index in [0.29, 0.717) is 12.3 Å². The Kier molecular flexibility index (Phi) is 8.48. The first-order valence-corrected chi connectivity index (χ1v) is 8.26. The van der Waals surface area contributed by atoms with Crippen molar-refractivity contribution in [2.24, 2.45) is 0 Å². The molecule has 0 radical (unpaired) electrons. The lowest BCUT2D eigenvalue weighted by Gasteiger charge is -2.22. The minimum atomic E-state index is -2.67. The minimum absolute atomic E-state index is 0.507. The molecule has 0 fully saturated rings. The molecule has 6 heteroatoms. The number of carboxylic acid groups (broad SMARTS) is 1. The number of aliphatic hydroxyl groups is 1. The molecule has 0 aromatic carbocycles. The Hall–Kier alpha value is -0.380. The standard InChI is InChI=1S/C11H24NO4P/c1-3-5-7-17(16,8-6-4-2)12-10(9-13)11(14)15/h10,13H,3-9H2,1-2H3,(H,12,16)(H,14,15)/t10-/m0/s1. The highest BCUT2D eigenvalue weighted by Gasteiger charge is 2.27. The summed E-state index contributed by atoms with van der Waals surface area (Å²) in [5.41, 5.74) is 0. The number of carbonyl (C=O) groups is 1. The van der Waals surface area contributed by atoms with E-state index in [4.69, 9.17) is 10.2 Å². The van der Waals surface area contributed by atoms with Crippen molar-refractivity contribution >= 4 is 13.3 Å². The zero-order valence-corrected chi connectivity index (χ0v) is 11.6. The first kappa shape index (κ1) is 16.6. The average molecular weight is 265 g/mol. The molecule has 0 aliphatic carbocycles. The highest BCUT2D eigenvalue weighted by molar-refractivity contribution is 7.61. The fourth-order valence-electron chi connectivity index (χ4n) is 1.53. The van der Waals surface area contributed by atoms with E-state index in [-0.39, 0.29) is 0 Å². The Morgan fingerprint density at radius 2 is 1.71 bits per heavy atom. The van der Waals surface area contributed by atoms with E-state index >= 15 is 0 Å². The third-order valence-corrected chi connectivity index (χ3v) is 5.48. The molecule has 0 rings (SSSR count). The molecule has 0 amide bonds. The molecule has 5 nitrogen and oxygen atoms in total. The van der Waals surface area contributed by atoms with Crippen molar-refractivity contribution in [2.75, 3.05) is 18.9 Å². The second kappa shape index (κ2) is 8.67. The average Bonchev–Trinajstić information content (AvgIpc) is 2.31. The molecule has 0 saturated carbocycles. The summed E-state index contributed by atoms with van der Waals surface area (Å²) in [6.07, 6.45) is 4.49. The highest BCUT2D eigenvalue weighted by Crippen LogP contribution is 2.43. The van der Waals surface area contributed by atoms with E-state index in [1.807, 2.05) is 13.8 Å². The summed E-state index contributed by atoms with van der Waals surface area (Å²) in [5.74, 6) is -1.15. The van der Waals surface area contributed by atoms with Crippen LogP contribution in [0.15, 0.2) is 0 Å². The van der Waals surface area contributed by atoms with Crippen LogP contribution < -0.4 is 5.09 Å². The van der Waals surface area contributed by atoms with Crippen molar-refractivity contribution in [3.05, 3.63) is 0 Å². The van der Waals surface area contributed by atoms with Crippen LogP contribution in [-0.2, 0) is 9.36 Å². The van der Waals surface area contributed by atoms with Gasteiger partial charge in [0.25, 0.3) is 0 Å². The van der Waals surface area contributed by atoms with Crippen molar-refractivity contribution in [3.63, 3.8) is 0 Å². The molecule has 0 bridgehead atoms. The predicted molar refractivity (Wildman–Crippen MR) is 68.8 cm³/mol. The van der Waals surface area contributed by atoms with Gasteiger partial charge in [0.15, 0.2) is 0 Å². The van der Waals surface area contributed by atoms with E-state index < -0.39 is 25.9 Å². The van der Waals surface area contributed by atoms with Crippen molar-refractivity contribution in [1.82, 2.24) is 5.09 Å². The minimum Gasteiger partial charge on any atom is -0.480 e. The summed E-state index contributed by atoms with van der Waals surface area (Å²) in [5, 5.41) is 20.4. The third kappa shape index (κ3) is 6.81. The summed E-state index contributed by atoms with van der Waals surface area (Å²) in [6, 6.07) is -1.12. The van der Waals surface area contributed by atoms with Gasteiger partial charge < -0.3 is 14.8 Å². The van der Waals surface area contributed by atoms with Crippen molar-refractivity contribution < 1.29 is 19.6 Å². The van der Waals surface area contributed by atoms with E-state index in [2.05, 4.69) is 5.09 Å². The van der Waals surface area contributed by atoms with Gasteiger partial charge in [0.1, 0.15) is 13.3 Å². The fraction of sp³-hybridized carbons (Fsp3) is 0.909. The molecule has 0 aromatic rings. The van der Waals surface area contributed by atoms with Crippen LogP contribution in [0.5, 0.6) is 0 Å². The molecular formula is C11H24NO4P. The van der Waals surface area contributed by atoms with Gasteiger partial charge in [0.2, 0.25) is 0 Å². The summed E-state index contributed by atoms with van der Waals surface area (Å²) in [6.45, 7) is 3.48. The van der Waals surface area contributed by atoms with Gasteiger partial charge in [-0.05, 0) is 12.8 Å². The smallest absolute Gasteiger partial charge is 0.323 e. The molecule has 0 unspecified atom stereocenters. The van der Waals surface area contributed by atoms with Crippen molar-refractivity contribution in [2.45, 2.75) is 45.6 Å². The maximum absolute atomic E-state index is 12.5. The van der Waals surface area contributed by atoms with Gasteiger partial charge in [0.05, 0.1) is 6.61 Å². The number of carboxylic acids is 1. The second-order valence-corrected chi connectivity index (χ2v) is 7.18. The van der Waals surface area contributed by atoms with E-state index in [1.165, 1.54) is 0 Å². The molecule has 17 heavy (non-hydrogen) atoms. The Labute approximate surface area is 103 Å². The van der Waals surface area contributed by atoms with E-state index in [0.717, 1.165) is 25.7 Å². The fourth-order valence-corrected chi connectivity index (χ4v) is 4.42. The molecule has 0 spiro atoms. The first-order chi connectivity index (χ1) is 7.99. The second-order valence-electron chi connectivity index (χ2n) is 4.25. The number of hydrogen-bond acceptors (Lipinski definition) is 3. The Morgan fingerprint density at radius 1 is 1.24 bits per heavy atom. The Morgan fingerprint density at radius 3 is 2.00 bits per heavy atom. The molecule has 0 aromatic heterocycles. The van der Waals surface area contributed by atoms with Crippen LogP contribution in [0.2, 0.25) is 0 Å². The molecule has 0 saturated heterocycles. The van der Waals surface area contributed by atoms with Gasteiger partial charge in [-0.1, -0.05) is 26.7 Å². The number of aliphatic carboxylic acids is 1. The molecule has 0 heterocycles.